The minimum Gasteiger partial charge on any atom is -0.443 e. The van der Waals surface area contributed by atoms with E-state index in [0.29, 0.717) is 31.5 Å². The lowest BCUT2D eigenvalue weighted by Crippen LogP contribution is -2.47. The Kier molecular flexibility index (Phi) is 6.81. The summed E-state index contributed by atoms with van der Waals surface area (Å²) >= 11 is 0. The summed E-state index contributed by atoms with van der Waals surface area (Å²) in [5.41, 5.74) is -0.599. The monoisotopic (exact) mass is 337 g/mol. The molecule has 0 bridgehead atoms. The second-order valence-corrected chi connectivity index (χ2v) is 7.39. The molecule has 136 valence electrons. The Morgan fingerprint density at radius 3 is 2.38 bits per heavy atom. The summed E-state index contributed by atoms with van der Waals surface area (Å²) in [6.07, 6.45) is 1.76. The lowest BCUT2D eigenvalue weighted by atomic mass is 9.92. The standard InChI is InChI=1S/C17H31N5O2/c1-8-19-14(23)17(5,6)11-22-15(18-7)21-10-13-20-9-12(24-13)16(2,3)4/h9H,8,10-11H2,1-7H3,(H,19,23)(H2,18,21,22). The number of amides is 1. The van der Waals surface area contributed by atoms with Gasteiger partial charge in [-0.3, -0.25) is 9.79 Å². The highest BCUT2D eigenvalue weighted by Gasteiger charge is 2.27. The van der Waals surface area contributed by atoms with Crippen molar-refractivity contribution in [3.63, 3.8) is 0 Å². The molecule has 0 fully saturated rings. The normalized spacial score (nSPS) is 12.9. The van der Waals surface area contributed by atoms with E-state index in [1.165, 1.54) is 0 Å². The van der Waals surface area contributed by atoms with Crippen LogP contribution in [0.4, 0.5) is 0 Å². The molecular formula is C17H31N5O2. The maximum atomic E-state index is 12.0. The van der Waals surface area contributed by atoms with Crippen molar-refractivity contribution in [3.05, 3.63) is 17.8 Å². The predicted octanol–water partition coefficient (Wildman–Crippen LogP) is 1.80. The van der Waals surface area contributed by atoms with Crippen LogP contribution in [0.5, 0.6) is 0 Å². The van der Waals surface area contributed by atoms with Gasteiger partial charge in [-0.25, -0.2) is 4.98 Å². The molecule has 0 radical (unpaired) electrons. The number of oxazole rings is 1. The minimum absolute atomic E-state index is 0.00970. The van der Waals surface area contributed by atoms with Gasteiger partial charge in [-0.2, -0.15) is 0 Å². The molecule has 0 aromatic carbocycles. The van der Waals surface area contributed by atoms with Gasteiger partial charge in [0.2, 0.25) is 11.8 Å². The van der Waals surface area contributed by atoms with Gasteiger partial charge in [-0.05, 0) is 20.8 Å². The average Bonchev–Trinajstić information content (AvgIpc) is 2.96. The molecule has 0 atom stereocenters. The van der Waals surface area contributed by atoms with Crippen molar-refractivity contribution in [1.82, 2.24) is 20.9 Å². The fraction of sp³-hybridized carbons (Fsp3) is 0.706. The van der Waals surface area contributed by atoms with E-state index in [1.807, 2.05) is 20.8 Å². The van der Waals surface area contributed by atoms with Crippen LogP contribution >= 0.6 is 0 Å². The number of nitrogens with zero attached hydrogens (tertiary/aromatic N) is 2. The lowest BCUT2D eigenvalue weighted by molar-refractivity contribution is -0.128. The Hall–Kier alpha value is -2.05. The van der Waals surface area contributed by atoms with Crippen molar-refractivity contribution in [1.29, 1.82) is 0 Å². The highest BCUT2D eigenvalue weighted by atomic mass is 16.4. The molecule has 0 aliphatic heterocycles. The summed E-state index contributed by atoms with van der Waals surface area (Å²) in [5, 5.41) is 9.15. The molecule has 1 aromatic rings. The van der Waals surface area contributed by atoms with Crippen LogP contribution in [-0.2, 0) is 16.8 Å². The maximum absolute atomic E-state index is 12.0. The molecule has 0 aliphatic carbocycles. The van der Waals surface area contributed by atoms with Crippen molar-refractivity contribution in [2.75, 3.05) is 20.1 Å². The molecule has 1 aromatic heterocycles. The van der Waals surface area contributed by atoms with E-state index in [0.717, 1.165) is 5.76 Å². The van der Waals surface area contributed by atoms with Gasteiger partial charge in [0.25, 0.3) is 0 Å². The Balaban J connectivity index is 2.54. The zero-order valence-electron chi connectivity index (χ0n) is 15.9. The van der Waals surface area contributed by atoms with Gasteiger partial charge in [-0.15, -0.1) is 0 Å². The molecule has 1 heterocycles. The Morgan fingerprint density at radius 1 is 1.21 bits per heavy atom. The maximum Gasteiger partial charge on any atom is 0.227 e. The quantitative estimate of drug-likeness (QED) is 0.544. The molecule has 0 saturated heterocycles. The third-order valence-electron chi connectivity index (χ3n) is 3.57. The number of nitrogens with one attached hydrogen (secondary N) is 3. The van der Waals surface area contributed by atoms with Gasteiger partial charge in [0.1, 0.15) is 5.76 Å². The van der Waals surface area contributed by atoms with Crippen molar-refractivity contribution in [2.24, 2.45) is 10.4 Å². The van der Waals surface area contributed by atoms with E-state index in [9.17, 15) is 4.79 Å². The SMILES string of the molecule is CCNC(=O)C(C)(C)CNC(=NC)NCc1ncc(C(C)(C)C)o1. The summed E-state index contributed by atoms with van der Waals surface area (Å²) in [6.45, 7) is 13.4. The first-order chi connectivity index (χ1) is 11.1. The summed E-state index contributed by atoms with van der Waals surface area (Å²) in [4.78, 5) is 20.4. The molecule has 24 heavy (non-hydrogen) atoms. The van der Waals surface area contributed by atoms with Crippen LogP contribution in [0.3, 0.4) is 0 Å². The fourth-order valence-electron chi connectivity index (χ4n) is 1.90. The number of hydrogen-bond donors (Lipinski definition) is 3. The van der Waals surface area contributed by atoms with Crippen LogP contribution in [0.25, 0.3) is 0 Å². The molecular weight excluding hydrogens is 306 g/mol. The molecule has 1 amide bonds. The molecule has 0 unspecified atom stereocenters. The Morgan fingerprint density at radius 2 is 1.88 bits per heavy atom. The number of aliphatic imine (C=N–C) groups is 1. The van der Waals surface area contributed by atoms with E-state index >= 15 is 0 Å². The molecule has 1 rings (SSSR count). The number of rotatable bonds is 6. The van der Waals surface area contributed by atoms with Crippen LogP contribution in [0.1, 0.15) is 53.2 Å². The first-order valence-corrected chi connectivity index (χ1v) is 8.28. The third-order valence-corrected chi connectivity index (χ3v) is 3.57. The zero-order valence-corrected chi connectivity index (χ0v) is 15.9. The van der Waals surface area contributed by atoms with Crippen molar-refractivity contribution in [2.45, 2.75) is 53.5 Å². The summed E-state index contributed by atoms with van der Waals surface area (Å²) in [7, 11) is 1.69. The Bertz CT molecular complexity index is 570. The highest BCUT2D eigenvalue weighted by molar-refractivity contribution is 5.84. The molecule has 3 N–H and O–H groups in total. The summed E-state index contributed by atoms with van der Waals surface area (Å²) < 4.78 is 5.74. The number of carbonyl (C=O) groups is 1. The second kappa shape index (κ2) is 8.17. The molecule has 0 spiro atoms. The van der Waals surface area contributed by atoms with Crippen molar-refractivity contribution >= 4 is 11.9 Å². The van der Waals surface area contributed by atoms with Gasteiger partial charge in [0.05, 0.1) is 18.2 Å². The van der Waals surface area contributed by atoms with Crippen LogP contribution < -0.4 is 16.0 Å². The van der Waals surface area contributed by atoms with Gasteiger partial charge in [0, 0.05) is 25.6 Å². The molecule has 7 nitrogen and oxygen atoms in total. The average molecular weight is 337 g/mol. The van der Waals surface area contributed by atoms with E-state index in [1.54, 1.807) is 13.2 Å². The van der Waals surface area contributed by atoms with Crippen molar-refractivity contribution in [3.8, 4) is 0 Å². The van der Waals surface area contributed by atoms with E-state index in [4.69, 9.17) is 4.42 Å². The van der Waals surface area contributed by atoms with Gasteiger partial charge in [-0.1, -0.05) is 20.8 Å². The second-order valence-electron chi connectivity index (χ2n) is 7.39. The van der Waals surface area contributed by atoms with Crippen LogP contribution in [0, 0.1) is 5.41 Å². The highest BCUT2D eigenvalue weighted by Crippen LogP contribution is 2.22. The van der Waals surface area contributed by atoms with Gasteiger partial charge in [0.15, 0.2) is 5.96 Å². The number of guanidine groups is 1. The van der Waals surface area contributed by atoms with Gasteiger partial charge >= 0.3 is 0 Å². The third kappa shape index (κ3) is 5.86. The van der Waals surface area contributed by atoms with E-state index in [-0.39, 0.29) is 11.3 Å². The molecule has 0 saturated carbocycles. The first kappa shape index (κ1) is 20.0. The van der Waals surface area contributed by atoms with Crippen LogP contribution in [0.15, 0.2) is 15.6 Å². The van der Waals surface area contributed by atoms with Gasteiger partial charge < -0.3 is 20.4 Å². The summed E-state index contributed by atoms with van der Waals surface area (Å²) in [5.74, 6) is 2.06. The first-order valence-electron chi connectivity index (χ1n) is 8.28. The van der Waals surface area contributed by atoms with E-state index < -0.39 is 5.41 Å². The minimum atomic E-state index is -0.532. The van der Waals surface area contributed by atoms with Crippen LogP contribution in [0.2, 0.25) is 0 Å². The smallest absolute Gasteiger partial charge is 0.227 e. The van der Waals surface area contributed by atoms with Crippen molar-refractivity contribution < 1.29 is 9.21 Å². The predicted molar refractivity (Wildman–Crippen MR) is 95.9 cm³/mol. The zero-order chi connectivity index (χ0) is 18.4. The van der Waals surface area contributed by atoms with Crippen LogP contribution in [-0.4, -0.2) is 37.0 Å². The fourth-order valence-corrected chi connectivity index (χ4v) is 1.90. The largest absolute Gasteiger partial charge is 0.443 e. The lowest BCUT2D eigenvalue weighted by Gasteiger charge is -2.24. The molecule has 0 aliphatic rings. The summed E-state index contributed by atoms with van der Waals surface area (Å²) in [6, 6.07) is 0. The Labute approximate surface area is 144 Å². The number of hydrogen-bond acceptors (Lipinski definition) is 4. The number of carbonyl (C=O) groups excluding carboxylic acids is 1. The number of aromatic nitrogens is 1. The topological polar surface area (TPSA) is 91.5 Å². The van der Waals surface area contributed by atoms with E-state index in [2.05, 4.69) is 46.7 Å². The molecule has 7 heteroatoms.